The van der Waals surface area contributed by atoms with Crippen molar-refractivity contribution in [2.45, 2.75) is 31.4 Å². The van der Waals surface area contributed by atoms with E-state index < -0.39 is 0 Å². The molecular weight excluding hydrogens is 290 g/mol. The molecule has 1 amide bonds. The van der Waals surface area contributed by atoms with Crippen molar-refractivity contribution >= 4 is 17.5 Å². The number of nitrogens with zero attached hydrogens (tertiary/aromatic N) is 1. The van der Waals surface area contributed by atoms with Gasteiger partial charge in [0.15, 0.2) is 0 Å². The fraction of sp³-hybridized carbons (Fsp3) is 0.562. The molecule has 21 heavy (non-hydrogen) atoms. The molecule has 0 radical (unpaired) electrons. The van der Waals surface area contributed by atoms with Gasteiger partial charge in [0.2, 0.25) is 5.91 Å². The third-order valence-electron chi connectivity index (χ3n) is 4.15. The van der Waals surface area contributed by atoms with Crippen LogP contribution in [0.1, 0.15) is 30.9 Å². The lowest BCUT2D eigenvalue weighted by Crippen LogP contribution is -2.46. The molecule has 0 unspecified atom stereocenters. The van der Waals surface area contributed by atoms with E-state index >= 15 is 0 Å². The van der Waals surface area contributed by atoms with Crippen LogP contribution < -0.4 is 0 Å². The maximum Gasteiger partial charge on any atom is 0.249 e. The third kappa shape index (κ3) is 3.57. The SMILES string of the molecule is O=C(COC[C@@H]1CCCO1)N1CC[C@H]1c1ccc(Cl)cc1. The highest BCUT2D eigenvalue weighted by Gasteiger charge is 2.33. The molecule has 2 heterocycles. The summed E-state index contributed by atoms with van der Waals surface area (Å²) in [5, 5.41) is 0.718. The monoisotopic (exact) mass is 309 g/mol. The fourth-order valence-corrected chi connectivity index (χ4v) is 2.98. The lowest BCUT2D eigenvalue weighted by atomic mass is 9.95. The molecule has 2 fully saturated rings. The minimum Gasteiger partial charge on any atom is -0.376 e. The summed E-state index contributed by atoms with van der Waals surface area (Å²) in [5.74, 6) is 0.0548. The second kappa shape index (κ2) is 6.77. The average molecular weight is 310 g/mol. The van der Waals surface area contributed by atoms with E-state index in [0.29, 0.717) is 6.61 Å². The molecule has 2 atom stereocenters. The van der Waals surface area contributed by atoms with Crippen LogP contribution in [0.15, 0.2) is 24.3 Å². The van der Waals surface area contributed by atoms with Gasteiger partial charge in [-0.25, -0.2) is 0 Å². The Morgan fingerprint density at radius 3 is 2.76 bits per heavy atom. The van der Waals surface area contributed by atoms with Gasteiger partial charge >= 0.3 is 0 Å². The lowest BCUT2D eigenvalue weighted by molar-refractivity contribution is -0.145. The molecule has 0 saturated carbocycles. The number of halogens is 1. The van der Waals surface area contributed by atoms with E-state index in [1.807, 2.05) is 29.2 Å². The summed E-state index contributed by atoms with van der Waals surface area (Å²) in [6, 6.07) is 7.87. The highest BCUT2D eigenvalue weighted by atomic mass is 35.5. The number of hydrogen-bond acceptors (Lipinski definition) is 3. The van der Waals surface area contributed by atoms with E-state index in [1.165, 1.54) is 0 Å². The van der Waals surface area contributed by atoms with Crippen LogP contribution in [0.2, 0.25) is 5.02 Å². The summed E-state index contributed by atoms with van der Waals surface area (Å²) in [6.07, 6.45) is 3.29. The standard InChI is InChI=1S/C16H20ClNO3/c17-13-5-3-12(4-6-13)15-7-8-18(15)16(19)11-20-10-14-2-1-9-21-14/h3-6,14-15H,1-2,7-11H2/t14-,15-/m0/s1. The van der Waals surface area contributed by atoms with Crippen LogP contribution in [-0.2, 0) is 14.3 Å². The Kier molecular flexibility index (Phi) is 4.78. The third-order valence-corrected chi connectivity index (χ3v) is 4.40. The van der Waals surface area contributed by atoms with Crippen molar-refractivity contribution in [2.24, 2.45) is 0 Å². The normalized spacial score (nSPS) is 24.9. The van der Waals surface area contributed by atoms with Crippen molar-refractivity contribution in [3.63, 3.8) is 0 Å². The van der Waals surface area contributed by atoms with Gasteiger partial charge in [0.25, 0.3) is 0 Å². The molecule has 4 nitrogen and oxygen atoms in total. The van der Waals surface area contributed by atoms with E-state index in [9.17, 15) is 4.79 Å². The Hall–Kier alpha value is -1.10. The minimum absolute atomic E-state index is 0.0548. The first-order chi connectivity index (χ1) is 10.2. The van der Waals surface area contributed by atoms with Crippen LogP contribution in [0.25, 0.3) is 0 Å². The summed E-state index contributed by atoms with van der Waals surface area (Å²) < 4.78 is 11.0. The van der Waals surface area contributed by atoms with Gasteiger partial charge in [0, 0.05) is 18.2 Å². The first-order valence-electron chi connectivity index (χ1n) is 7.48. The van der Waals surface area contributed by atoms with Crippen LogP contribution in [0.4, 0.5) is 0 Å². The van der Waals surface area contributed by atoms with Crippen LogP contribution in [0.5, 0.6) is 0 Å². The Bertz CT molecular complexity index is 485. The van der Waals surface area contributed by atoms with E-state index in [2.05, 4.69) is 0 Å². The molecular formula is C16H20ClNO3. The summed E-state index contributed by atoms with van der Waals surface area (Å²) in [7, 11) is 0. The molecule has 0 aromatic heterocycles. The van der Waals surface area contributed by atoms with E-state index in [0.717, 1.165) is 43.0 Å². The van der Waals surface area contributed by atoms with Crippen LogP contribution >= 0.6 is 11.6 Å². The van der Waals surface area contributed by atoms with Gasteiger partial charge in [-0.2, -0.15) is 0 Å². The van der Waals surface area contributed by atoms with Crippen molar-refractivity contribution < 1.29 is 14.3 Å². The number of rotatable bonds is 5. The predicted molar refractivity (Wildman–Crippen MR) is 80.3 cm³/mol. The Morgan fingerprint density at radius 1 is 1.33 bits per heavy atom. The highest BCUT2D eigenvalue weighted by molar-refractivity contribution is 6.30. The highest BCUT2D eigenvalue weighted by Crippen LogP contribution is 2.33. The zero-order valence-corrected chi connectivity index (χ0v) is 12.7. The summed E-state index contributed by atoms with van der Waals surface area (Å²) in [4.78, 5) is 14.1. The molecule has 2 aliphatic heterocycles. The number of carbonyl (C=O) groups is 1. The quantitative estimate of drug-likeness (QED) is 0.839. The average Bonchev–Trinajstić information content (AvgIpc) is 2.93. The largest absolute Gasteiger partial charge is 0.376 e. The minimum atomic E-state index is 0.0548. The summed E-state index contributed by atoms with van der Waals surface area (Å²) in [5.41, 5.74) is 1.14. The number of likely N-dealkylation sites (tertiary alicyclic amines) is 1. The van der Waals surface area contributed by atoms with Crippen molar-refractivity contribution in [1.29, 1.82) is 0 Å². The molecule has 0 spiro atoms. The number of carbonyl (C=O) groups excluding carboxylic acids is 1. The Labute approximate surface area is 130 Å². The van der Waals surface area contributed by atoms with Crippen molar-refractivity contribution in [1.82, 2.24) is 4.90 Å². The van der Waals surface area contributed by atoms with Crippen LogP contribution in [-0.4, -0.2) is 43.3 Å². The Balaban J connectivity index is 1.47. The van der Waals surface area contributed by atoms with Gasteiger partial charge in [-0.15, -0.1) is 0 Å². The van der Waals surface area contributed by atoms with Gasteiger partial charge in [-0.3, -0.25) is 4.79 Å². The predicted octanol–water partition coefficient (Wildman–Crippen LogP) is 2.81. The molecule has 114 valence electrons. The molecule has 1 aromatic carbocycles. The van der Waals surface area contributed by atoms with E-state index in [1.54, 1.807) is 0 Å². The zero-order chi connectivity index (χ0) is 14.7. The molecule has 0 N–H and O–H groups in total. The number of hydrogen-bond donors (Lipinski definition) is 0. The van der Waals surface area contributed by atoms with E-state index in [4.69, 9.17) is 21.1 Å². The lowest BCUT2D eigenvalue weighted by Gasteiger charge is -2.41. The molecule has 5 heteroatoms. The van der Waals surface area contributed by atoms with Crippen LogP contribution in [0.3, 0.4) is 0 Å². The molecule has 2 saturated heterocycles. The molecule has 3 rings (SSSR count). The maximum atomic E-state index is 12.2. The van der Waals surface area contributed by atoms with Crippen molar-refractivity contribution in [3.8, 4) is 0 Å². The molecule has 2 aliphatic rings. The maximum absolute atomic E-state index is 12.2. The number of amides is 1. The molecule has 1 aromatic rings. The van der Waals surface area contributed by atoms with Crippen LogP contribution in [0, 0.1) is 0 Å². The topological polar surface area (TPSA) is 38.8 Å². The summed E-state index contributed by atoms with van der Waals surface area (Å²) in [6.45, 7) is 2.28. The van der Waals surface area contributed by atoms with Gasteiger partial charge in [-0.05, 0) is 37.0 Å². The second-order valence-corrected chi connectivity index (χ2v) is 6.03. The van der Waals surface area contributed by atoms with Gasteiger partial charge < -0.3 is 14.4 Å². The van der Waals surface area contributed by atoms with Gasteiger partial charge in [-0.1, -0.05) is 23.7 Å². The Morgan fingerprint density at radius 2 is 2.14 bits per heavy atom. The van der Waals surface area contributed by atoms with E-state index in [-0.39, 0.29) is 24.7 Å². The molecule has 0 aliphatic carbocycles. The first kappa shape index (κ1) is 14.8. The smallest absolute Gasteiger partial charge is 0.249 e. The zero-order valence-electron chi connectivity index (χ0n) is 12.0. The van der Waals surface area contributed by atoms with Gasteiger partial charge in [0.05, 0.1) is 18.8 Å². The fourth-order valence-electron chi connectivity index (χ4n) is 2.85. The first-order valence-corrected chi connectivity index (χ1v) is 7.86. The van der Waals surface area contributed by atoms with Crippen molar-refractivity contribution in [2.75, 3.05) is 26.4 Å². The molecule has 0 bridgehead atoms. The second-order valence-electron chi connectivity index (χ2n) is 5.59. The van der Waals surface area contributed by atoms with Gasteiger partial charge in [0.1, 0.15) is 6.61 Å². The number of benzene rings is 1. The number of ether oxygens (including phenoxy) is 2. The summed E-state index contributed by atoms with van der Waals surface area (Å²) >= 11 is 5.89. The van der Waals surface area contributed by atoms with Crippen molar-refractivity contribution in [3.05, 3.63) is 34.9 Å².